The summed E-state index contributed by atoms with van der Waals surface area (Å²) < 4.78 is 31.7. The minimum absolute atomic E-state index is 0.0293. The lowest BCUT2D eigenvalue weighted by Crippen LogP contribution is -2.33. The van der Waals surface area contributed by atoms with Crippen molar-refractivity contribution in [1.29, 1.82) is 0 Å². The maximum Gasteiger partial charge on any atom is 0.490 e. The number of hydrogen-bond donors (Lipinski definition) is 3. The quantitative estimate of drug-likeness (QED) is 0.347. The summed E-state index contributed by atoms with van der Waals surface area (Å²) in [5.41, 5.74) is 6.09. The van der Waals surface area contributed by atoms with E-state index in [0.29, 0.717) is 5.69 Å². The number of nitrogens with zero attached hydrogens (tertiary/aromatic N) is 3. The molecule has 2 aromatic heterocycles. The number of carbonyl (C=O) groups is 2. The Morgan fingerprint density at radius 1 is 1.18 bits per heavy atom. The summed E-state index contributed by atoms with van der Waals surface area (Å²) in [6.07, 6.45) is -5.08. The van der Waals surface area contributed by atoms with Crippen LogP contribution in [-0.4, -0.2) is 50.2 Å². The van der Waals surface area contributed by atoms with Gasteiger partial charge >= 0.3 is 18.2 Å². The predicted molar refractivity (Wildman–Crippen MR) is 123 cm³/mol. The summed E-state index contributed by atoms with van der Waals surface area (Å²) in [6.45, 7) is 2.01. The molecule has 0 radical (unpaired) electrons. The number of carbonyl (C=O) groups excluding carboxylic acids is 1. The fourth-order valence-electron chi connectivity index (χ4n) is 2.88. The van der Waals surface area contributed by atoms with E-state index in [1.54, 1.807) is 17.5 Å². The Morgan fingerprint density at radius 2 is 1.85 bits per heavy atom. The molecule has 4 rings (SSSR count). The number of nitrogens with one attached hydrogen (secondary N) is 2. The third-order valence-corrected chi connectivity index (χ3v) is 5.42. The Kier molecular flexibility index (Phi) is 7.51. The highest BCUT2D eigenvalue weighted by atomic mass is 32.1. The van der Waals surface area contributed by atoms with Gasteiger partial charge in [0.05, 0.1) is 22.6 Å². The molecule has 34 heavy (non-hydrogen) atoms. The van der Waals surface area contributed by atoms with Gasteiger partial charge in [0, 0.05) is 18.1 Å². The Labute approximate surface area is 196 Å². The number of imidazole rings is 1. The van der Waals surface area contributed by atoms with E-state index in [2.05, 4.69) is 20.3 Å². The number of aromatic amines is 1. The zero-order chi connectivity index (χ0) is 24.9. The minimum atomic E-state index is -5.08. The lowest BCUT2D eigenvalue weighted by Gasteiger charge is -2.25. The highest BCUT2D eigenvalue weighted by Crippen LogP contribution is 2.24. The third-order valence-electron chi connectivity index (χ3n) is 4.83. The number of fused-ring (bicyclic) bond motifs is 1. The molecule has 3 N–H and O–H groups in total. The summed E-state index contributed by atoms with van der Waals surface area (Å²) in [6, 6.07) is 15.4. The van der Waals surface area contributed by atoms with Crippen LogP contribution < -0.4 is 5.32 Å². The molecular formula is C22H20F3N5O3S. The maximum atomic E-state index is 12.6. The van der Waals surface area contributed by atoms with Crippen LogP contribution in [0.1, 0.15) is 18.5 Å². The topological polar surface area (TPSA) is 111 Å². The van der Waals surface area contributed by atoms with Gasteiger partial charge in [0.25, 0.3) is 0 Å². The van der Waals surface area contributed by atoms with Gasteiger partial charge in [-0.2, -0.15) is 13.2 Å². The highest BCUT2D eigenvalue weighted by Gasteiger charge is 2.38. The molecule has 2 heterocycles. The Hall–Kier alpha value is -3.93. The predicted octanol–water partition coefficient (Wildman–Crippen LogP) is 5.54. The van der Waals surface area contributed by atoms with Crippen molar-refractivity contribution in [3.63, 3.8) is 0 Å². The standard InChI is InChI=1S/C20H19N5OS.C2HF3O2/c1-13(14-6-4-3-5-7-14)25(2)20(26)22-15-8-9-16-17(10-15)24-19(23-16)18-11-27-12-21-18;3-2(4,5)1(6)7/h3-13H,1-2H3,(H,22,26)(H,23,24);(H,6,7)/t13-;/m0./s1. The molecule has 0 aliphatic rings. The molecule has 0 saturated carbocycles. The number of aliphatic carboxylic acids is 1. The Bertz CT molecular complexity index is 1260. The van der Waals surface area contributed by atoms with E-state index in [0.717, 1.165) is 28.1 Å². The molecule has 2 amide bonds. The number of thiazole rings is 1. The van der Waals surface area contributed by atoms with E-state index in [4.69, 9.17) is 9.90 Å². The van der Waals surface area contributed by atoms with Crippen LogP contribution in [0.2, 0.25) is 0 Å². The number of benzene rings is 2. The number of rotatable bonds is 4. The molecule has 178 valence electrons. The normalized spacial score (nSPS) is 11.9. The maximum absolute atomic E-state index is 12.6. The van der Waals surface area contributed by atoms with E-state index in [9.17, 15) is 18.0 Å². The van der Waals surface area contributed by atoms with Crippen LogP contribution in [0, 0.1) is 0 Å². The first kappa shape index (κ1) is 24.7. The van der Waals surface area contributed by atoms with Crippen molar-refractivity contribution >= 4 is 40.1 Å². The Balaban J connectivity index is 0.000000406. The highest BCUT2D eigenvalue weighted by molar-refractivity contribution is 7.07. The van der Waals surface area contributed by atoms with Gasteiger partial charge in [-0.05, 0) is 30.7 Å². The molecule has 0 spiro atoms. The fourth-order valence-corrected chi connectivity index (χ4v) is 3.42. The summed E-state index contributed by atoms with van der Waals surface area (Å²) >= 11 is 1.53. The van der Waals surface area contributed by atoms with Crippen LogP contribution in [0.5, 0.6) is 0 Å². The number of H-pyrrole nitrogens is 1. The fraction of sp³-hybridized carbons (Fsp3) is 0.182. The van der Waals surface area contributed by atoms with Gasteiger partial charge in [-0.15, -0.1) is 11.3 Å². The minimum Gasteiger partial charge on any atom is -0.475 e. The Morgan fingerprint density at radius 3 is 2.44 bits per heavy atom. The second-order valence-corrected chi connectivity index (χ2v) is 7.84. The number of carboxylic acids is 1. The molecule has 1 atom stereocenters. The SMILES string of the molecule is C[C@@H](c1ccccc1)N(C)C(=O)Nc1ccc2nc(-c3cscn3)[nH]c2c1.O=C(O)C(F)(F)F. The first-order valence-electron chi connectivity index (χ1n) is 9.83. The molecule has 4 aromatic rings. The number of carboxylic acid groups (broad SMARTS) is 1. The number of alkyl halides is 3. The van der Waals surface area contributed by atoms with Gasteiger partial charge in [-0.3, -0.25) is 0 Å². The molecular weight excluding hydrogens is 471 g/mol. The van der Waals surface area contributed by atoms with Crippen molar-refractivity contribution in [3.05, 3.63) is 65.0 Å². The molecule has 12 heteroatoms. The molecule has 0 bridgehead atoms. The first-order valence-corrected chi connectivity index (χ1v) is 10.8. The van der Waals surface area contributed by atoms with Crippen molar-refractivity contribution in [2.45, 2.75) is 19.1 Å². The molecule has 0 saturated heterocycles. The van der Waals surface area contributed by atoms with Gasteiger partial charge in [0.15, 0.2) is 5.82 Å². The van der Waals surface area contributed by atoms with Crippen molar-refractivity contribution in [1.82, 2.24) is 19.9 Å². The van der Waals surface area contributed by atoms with Gasteiger partial charge in [-0.25, -0.2) is 19.6 Å². The smallest absolute Gasteiger partial charge is 0.475 e. The lowest BCUT2D eigenvalue weighted by atomic mass is 10.1. The summed E-state index contributed by atoms with van der Waals surface area (Å²) in [5.74, 6) is -2.03. The van der Waals surface area contributed by atoms with Crippen molar-refractivity contribution in [3.8, 4) is 11.5 Å². The molecule has 0 unspecified atom stereocenters. The number of urea groups is 1. The number of hydrogen-bond acceptors (Lipinski definition) is 5. The van der Waals surface area contributed by atoms with Crippen LogP contribution in [0.25, 0.3) is 22.6 Å². The van der Waals surface area contributed by atoms with E-state index in [1.165, 1.54) is 11.3 Å². The largest absolute Gasteiger partial charge is 0.490 e. The lowest BCUT2D eigenvalue weighted by molar-refractivity contribution is -0.192. The van der Waals surface area contributed by atoms with Gasteiger partial charge < -0.3 is 20.3 Å². The van der Waals surface area contributed by atoms with Crippen LogP contribution in [-0.2, 0) is 4.79 Å². The van der Waals surface area contributed by atoms with Crippen molar-refractivity contribution in [2.24, 2.45) is 0 Å². The molecule has 2 aromatic carbocycles. The molecule has 0 fully saturated rings. The first-order chi connectivity index (χ1) is 16.1. The van der Waals surface area contributed by atoms with Crippen molar-refractivity contribution in [2.75, 3.05) is 12.4 Å². The van der Waals surface area contributed by atoms with Crippen LogP contribution in [0.4, 0.5) is 23.7 Å². The van der Waals surface area contributed by atoms with Crippen LogP contribution >= 0.6 is 11.3 Å². The number of amides is 2. The zero-order valence-electron chi connectivity index (χ0n) is 18.0. The molecule has 0 aliphatic heterocycles. The zero-order valence-corrected chi connectivity index (χ0v) is 18.8. The second kappa shape index (κ2) is 10.3. The van der Waals surface area contributed by atoms with E-state index in [-0.39, 0.29) is 12.1 Å². The van der Waals surface area contributed by atoms with Gasteiger partial charge in [0.2, 0.25) is 0 Å². The summed E-state index contributed by atoms with van der Waals surface area (Å²) in [5, 5.41) is 12.0. The van der Waals surface area contributed by atoms with Gasteiger partial charge in [0.1, 0.15) is 5.69 Å². The monoisotopic (exact) mass is 491 g/mol. The molecule has 0 aliphatic carbocycles. The van der Waals surface area contributed by atoms with E-state index in [1.807, 2.05) is 60.8 Å². The van der Waals surface area contributed by atoms with Crippen molar-refractivity contribution < 1.29 is 27.9 Å². The van der Waals surface area contributed by atoms with Crippen LogP contribution in [0.15, 0.2) is 59.4 Å². The number of anilines is 1. The molecule has 8 nitrogen and oxygen atoms in total. The second-order valence-electron chi connectivity index (χ2n) is 7.12. The number of aromatic nitrogens is 3. The van der Waals surface area contributed by atoms with Gasteiger partial charge in [-0.1, -0.05) is 30.3 Å². The summed E-state index contributed by atoms with van der Waals surface area (Å²) in [4.78, 5) is 35.3. The van der Waals surface area contributed by atoms with E-state index < -0.39 is 12.1 Å². The average Bonchev–Trinajstić information content (AvgIpc) is 3.48. The third kappa shape index (κ3) is 6.10. The average molecular weight is 491 g/mol. The van der Waals surface area contributed by atoms with E-state index >= 15 is 0 Å². The summed E-state index contributed by atoms with van der Waals surface area (Å²) in [7, 11) is 1.79. The van der Waals surface area contributed by atoms with Crippen LogP contribution in [0.3, 0.4) is 0 Å². The number of halogens is 3.